The Balaban J connectivity index is 1.62. The molecule has 0 aromatic heterocycles. The van der Waals surface area contributed by atoms with Crippen LogP contribution >= 0.6 is 0 Å². The van der Waals surface area contributed by atoms with Crippen LogP contribution in [-0.4, -0.2) is 60.3 Å². The number of aliphatic hydroxyl groups is 1. The topological polar surface area (TPSA) is 108 Å². The Bertz CT molecular complexity index is 1770. The van der Waals surface area contributed by atoms with E-state index in [1.54, 1.807) is 52.1 Å². The van der Waals surface area contributed by atoms with E-state index in [0.29, 0.717) is 17.7 Å². The minimum atomic E-state index is -4.29. The molecule has 0 aliphatic heterocycles. The summed E-state index contributed by atoms with van der Waals surface area (Å²) >= 11 is 0. The van der Waals surface area contributed by atoms with Gasteiger partial charge in [-0.3, -0.25) is 4.90 Å². The Hall–Kier alpha value is -4.22. The molecule has 4 rings (SSSR count). The van der Waals surface area contributed by atoms with Crippen molar-refractivity contribution in [3.8, 4) is 5.75 Å². The SMILES string of the molecule is COc1ccc(S(=O)(=O)N(Cc2ccccc2)[C@H](NC(=O)OC(C)(C)C)[C@@H](C)O)cc1CC(C)(C)CCN(Cc1ccccc1)Cc1ccccc1. The number of carbonyl (C=O) groups is 1. The van der Waals surface area contributed by atoms with Gasteiger partial charge in [-0.25, -0.2) is 13.2 Å². The van der Waals surface area contributed by atoms with E-state index in [1.807, 2.05) is 30.3 Å². The van der Waals surface area contributed by atoms with E-state index in [1.165, 1.54) is 24.1 Å². The number of carbonyl (C=O) groups excluding carboxylic acids is 1. The second-order valence-electron chi connectivity index (χ2n) is 15.1. The fourth-order valence-corrected chi connectivity index (χ4v) is 7.76. The van der Waals surface area contributed by atoms with Crippen LogP contribution < -0.4 is 10.1 Å². The van der Waals surface area contributed by atoms with Crippen LogP contribution in [0.25, 0.3) is 0 Å². The Morgan fingerprint density at radius 1 is 0.788 bits per heavy atom. The van der Waals surface area contributed by atoms with Gasteiger partial charge in [0.1, 0.15) is 17.5 Å². The number of nitrogens with one attached hydrogen (secondary N) is 1. The fourth-order valence-electron chi connectivity index (χ4n) is 6.11. The molecule has 0 unspecified atom stereocenters. The molecule has 0 radical (unpaired) electrons. The summed E-state index contributed by atoms with van der Waals surface area (Å²) in [6.07, 6.45) is -2.02. The lowest BCUT2D eigenvalue weighted by Gasteiger charge is -2.34. The number of alkyl carbamates (subject to hydrolysis) is 1. The van der Waals surface area contributed by atoms with E-state index in [0.717, 1.165) is 35.9 Å². The Morgan fingerprint density at radius 2 is 1.29 bits per heavy atom. The van der Waals surface area contributed by atoms with E-state index in [4.69, 9.17) is 9.47 Å². The van der Waals surface area contributed by atoms with Gasteiger partial charge in [-0.1, -0.05) is 105 Å². The summed E-state index contributed by atoms with van der Waals surface area (Å²) in [6.45, 7) is 13.3. The highest BCUT2D eigenvalue weighted by molar-refractivity contribution is 7.89. The van der Waals surface area contributed by atoms with Gasteiger partial charge in [-0.05, 0) is 92.9 Å². The summed E-state index contributed by atoms with van der Waals surface area (Å²) in [4.78, 5) is 15.4. The van der Waals surface area contributed by atoms with E-state index in [2.05, 4.69) is 72.6 Å². The van der Waals surface area contributed by atoms with Gasteiger partial charge in [0.25, 0.3) is 0 Å². The second kappa shape index (κ2) is 18.0. The number of methoxy groups -OCH3 is 1. The minimum Gasteiger partial charge on any atom is -0.496 e. The van der Waals surface area contributed by atoms with Gasteiger partial charge in [-0.2, -0.15) is 4.31 Å². The molecular weight excluding hydrogens is 675 g/mol. The van der Waals surface area contributed by atoms with Crippen molar-refractivity contribution >= 4 is 16.1 Å². The zero-order chi connectivity index (χ0) is 37.9. The molecule has 0 saturated carbocycles. The molecule has 0 heterocycles. The van der Waals surface area contributed by atoms with Crippen molar-refractivity contribution in [3.63, 3.8) is 0 Å². The smallest absolute Gasteiger partial charge is 0.409 e. The molecule has 0 aliphatic carbocycles. The maximum atomic E-state index is 14.6. The maximum Gasteiger partial charge on any atom is 0.409 e. The van der Waals surface area contributed by atoms with Crippen LogP contribution in [-0.2, 0) is 40.8 Å². The van der Waals surface area contributed by atoms with E-state index >= 15 is 0 Å². The minimum absolute atomic E-state index is 0.0291. The molecule has 0 aliphatic rings. The van der Waals surface area contributed by atoms with Gasteiger partial charge in [0.15, 0.2) is 0 Å². The number of amides is 1. The quantitative estimate of drug-likeness (QED) is 0.107. The number of nitrogens with zero attached hydrogens (tertiary/aromatic N) is 2. The largest absolute Gasteiger partial charge is 0.496 e. The highest BCUT2D eigenvalue weighted by Crippen LogP contribution is 2.34. The molecule has 10 heteroatoms. The van der Waals surface area contributed by atoms with Crippen LogP contribution in [0.5, 0.6) is 5.75 Å². The first-order valence-electron chi connectivity index (χ1n) is 17.8. The number of aliphatic hydroxyl groups excluding tert-OH is 1. The van der Waals surface area contributed by atoms with Gasteiger partial charge in [0.05, 0.1) is 18.1 Å². The van der Waals surface area contributed by atoms with Crippen LogP contribution in [0.2, 0.25) is 0 Å². The van der Waals surface area contributed by atoms with Crippen LogP contribution in [0, 0.1) is 5.41 Å². The molecule has 9 nitrogen and oxygen atoms in total. The molecule has 0 spiro atoms. The van der Waals surface area contributed by atoms with E-state index in [-0.39, 0.29) is 16.9 Å². The zero-order valence-electron chi connectivity index (χ0n) is 31.6. The molecule has 52 heavy (non-hydrogen) atoms. The summed E-state index contributed by atoms with van der Waals surface area (Å²) < 4.78 is 41.5. The molecule has 4 aromatic rings. The van der Waals surface area contributed by atoms with Crippen LogP contribution in [0.4, 0.5) is 4.79 Å². The highest BCUT2D eigenvalue weighted by atomic mass is 32.2. The normalized spacial score (nSPS) is 13.5. The molecule has 0 fully saturated rings. The van der Waals surface area contributed by atoms with Crippen molar-refractivity contribution in [1.29, 1.82) is 0 Å². The van der Waals surface area contributed by atoms with Crippen molar-refractivity contribution in [1.82, 2.24) is 14.5 Å². The molecular formula is C42H55N3O6S. The number of hydrogen-bond acceptors (Lipinski definition) is 7. The summed E-state index contributed by atoms with van der Waals surface area (Å²) in [5.74, 6) is 0.589. The second-order valence-corrected chi connectivity index (χ2v) is 17.0. The third kappa shape index (κ3) is 12.2. The number of sulfonamides is 1. The molecule has 2 atom stereocenters. The summed E-state index contributed by atoms with van der Waals surface area (Å²) in [5.41, 5.74) is 2.87. The summed E-state index contributed by atoms with van der Waals surface area (Å²) in [5, 5.41) is 13.5. The lowest BCUT2D eigenvalue weighted by molar-refractivity contribution is 0.0301. The third-order valence-corrected chi connectivity index (χ3v) is 10.6. The molecule has 1 amide bonds. The van der Waals surface area contributed by atoms with Gasteiger partial charge < -0.3 is 19.9 Å². The van der Waals surface area contributed by atoms with Crippen molar-refractivity contribution in [2.24, 2.45) is 5.41 Å². The summed E-state index contributed by atoms with van der Waals surface area (Å²) in [7, 11) is -2.71. The van der Waals surface area contributed by atoms with Crippen LogP contribution in [0.15, 0.2) is 114 Å². The van der Waals surface area contributed by atoms with Crippen molar-refractivity contribution in [3.05, 3.63) is 131 Å². The molecule has 2 N–H and O–H groups in total. The van der Waals surface area contributed by atoms with Crippen molar-refractivity contribution < 1.29 is 27.8 Å². The first kappa shape index (κ1) is 40.5. The predicted octanol–water partition coefficient (Wildman–Crippen LogP) is 7.78. The standard InChI is InChI=1S/C42H55N3O6S/c1-32(46)39(43-40(47)51-41(2,3)4)45(31-35-21-15-10-16-22-35)52(48,49)37-23-24-38(50-7)36(27-37)28-42(5,6)25-26-44(29-33-17-11-8-12-18-33)30-34-19-13-9-14-20-34/h8-24,27,32,39,46H,25-26,28-31H2,1-7H3,(H,43,47)/t32-,39+/m1/s1. The molecule has 0 bridgehead atoms. The van der Waals surface area contributed by atoms with Gasteiger partial charge >= 0.3 is 6.09 Å². The van der Waals surface area contributed by atoms with Gasteiger partial charge in [-0.15, -0.1) is 0 Å². The Kier molecular flexibility index (Phi) is 14.0. The zero-order valence-corrected chi connectivity index (χ0v) is 32.4. The lowest BCUT2D eigenvalue weighted by Crippen LogP contribution is -2.56. The molecule has 4 aromatic carbocycles. The number of benzene rings is 4. The van der Waals surface area contributed by atoms with E-state index < -0.39 is 34.0 Å². The molecule has 280 valence electrons. The third-order valence-electron chi connectivity index (χ3n) is 8.74. The number of rotatable bonds is 17. The maximum absolute atomic E-state index is 14.6. The average molecular weight is 730 g/mol. The monoisotopic (exact) mass is 729 g/mol. The van der Waals surface area contributed by atoms with Gasteiger partial charge in [0, 0.05) is 19.6 Å². The predicted molar refractivity (Wildman–Crippen MR) is 206 cm³/mol. The number of hydrogen-bond donors (Lipinski definition) is 2. The van der Waals surface area contributed by atoms with Crippen molar-refractivity contribution in [2.45, 2.75) is 96.8 Å². The summed E-state index contributed by atoms with van der Waals surface area (Å²) in [6, 6.07) is 34.8. The first-order chi connectivity index (χ1) is 24.6. The average Bonchev–Trinajstić information content (AvgIpc) is 3.09. The van der Waals surface area contributed by atoms with Crippen molar-refractivity contribution in [2.75, 3.05) is 13.7 Å². The molecule has 0 saturated heterocycles. The fraction of sp³-hybridized carbons (Fsp3) is 0.405. The van der Waals surface area contributed by atoms with Crippen LogP contribution in [0.1, 0.15) is 70.2 Å². The highest BCUT2D eigenvalue weighted by Gasteiger charge is 2.37. The Morgan fingerprint density at radius 3 is 1.75 bits per heavy atom. The Labute approximate surface area is 310 Å². The van der Waals surface area contributed by atoms with Gasteiger partial charge in [0.2, 0.25) is 10.0 Å². The lowest BCUT2D eigenvalue weighted by atomic mass is 9.82. The first-order valence-corrected chi connectivity index (χ1v) is 19.2. The van der Waals surface area contributed by atoms with Crippen LogP contribution in [0.3, 0.4) is 0 Å². The number of ether oxygens (including phenoxy) is 2. The van der Waals surface area contributed by atoms with E-state index in [9.17, 15) is 18.3 Å².